The van der Waals surface area contributed by atoms with Gasteiger partial charge in [0, 0.05) is 0 Å². The van der Waals surface area contributed by atoms with Crippen LogP contribution < -0.4 is 5.73 Å². The molecule has 0 aromatic carbocycles. The first-order chi connectivity index (χ1) is 6.13. The third-order valence-electron chi connectivity index (χ3n) is 2.15. The fourth-order valence-corrected chi connectivity index (χ4v) is 2.50. The molecule has 2 aliphatic heterocycles. The lowest BCUT2D eigenvalue weighted by Crippen LogP contribution is -2.71. The van der Waals surface area contributed by atoms with E-state index in [9.17, 15) is 9.59 Å². The fourth-order valence-electron chi connectivity index (χ4n) is 1.45. The molecule has 5 nitrogen and oxygen atoms in total. The molecular formula is C7H8N2O3S. The van der Waals surface area contributed by atoms with Gasteiger partial charge >= 0.3 is 5.97 Å². The Labute approximate surface area is 78.6 Å². The van der Waals surface area contributed by atoms with E-state index in [1.165, 1.54) is 22.7 Å². The summed E-state index contributed by atoms with van der Waals surface area (Å²) in [4.78, 5) is 23.2. The van der Waals surface area contributed by atoms with Crippen LogP contribution in [0.3, 0.4) is 0 Å². The lowest BCUT2D eigenvalue weighted by Gasteiger charge is -2.48. The fraction of sp³-hybridized carbons (Fsp3) is 0.429. The summed E-state index contributed by atoms with van der Waals surface area (Å²) < 4.78 is 0. The highest BCUT2D eigenvalue weighted by Gasteiger charge is 2.51. The highest BCUT2D eigenvalue weighted by atomic mass is 32.2. The van der Waals surface area contributed by atoms with E-state index in [1.54, 1.807) is 5.41 Å². The maximum absolute atomic E-state index is 11.2. The molecule has 0 aromatic rings. The van der Waals surface area contributed by atoms with Crippen LogP contribution in [0.5, 0.6) is 0 Å². The Morgan fingerprint density at radius 2 is 2.38 bits per heavy atom. The summed E-state index contributed by atoms with van der Waals surface area (Å²) in [5.41, 5.74) is 5.50. The Kier molecular flexibility index (Phi) is 1.81. The maximum Gasteiger partial charge on any atom is 0.330 e. The summed E-state index contributed by atoms with van der Waals surface area (Å²) in [5.74, 6) is -1.30. The van der Waals surface area contributed by atoms with Gasteiger partial charge in [-0.1, -0.05) is 0 Å². The summed E-state index contributed by atoms with van der Waals surface area (Å²) in [5, 5.41) is 10.3. The molecule has 0 unspecified atom stereocenters. The number of fused-ring (bicyclic) bond motifs is 1. The summed E-state index contributed by atoms with van der Waals surface area (Å²) >= 11 is 1.38. The van der Waals surface area contributed by atoms with Crippen molar-refractivity contribution in [1.82, 2.24) is 4.90 Å². The number of nitrogens with two attached hydrogens (primary N) is 1. The molecule has 0 spiro atoms. The quantitative estimate of drug-likeness (QED) is 0.541. The number of carboxylic acids is 1. The molecule has 0 bridgehead atoms. The van der Waals surface area contributed by atoms with Gasteiger partial charge in [0.25, 0.3) is 0 Å². The predicted octanol–water partition coefficient (Wildman–Crippen LogP) is -0.804. The van der Waals surface area contributed by atoms with Crippen LogP contribution in [0.25, 0.3) is 0 Å². The van der Waals surface area contributed by atoms with Crippen LogP contribution in [-0.2, 0) is 9.59 Å². The van der Waals surface area contributed by atoms with E-state index in [0.717, 1.165) is 0 Å². The average molecular weight is 200 g/mol. The molecule has 2 rings (SSSR count). The number of rotatable bonds is 1. The molecule has 3 atom stereocenters. The van der Waals surface area contributed by atoms with Gasteiger partial charge in [-0.2, -0.15) is 0 Å². The van der Waals surface area contributed by atoms with E-state index in [2.05, 4.69) is 0 Å². The molecule has 1 saturated heterocycles. The van der Waals surface area contributed by atoms with E-state index < -0.39 is 18.1 Å². The minimum absolute atomic E-state index is 0.196. The van der Waals surface area contributed by atoms with E-state index in [4.69, 9.17) is 10.8 Å². The van der Waals surface area contributed by atoms with E-state index in [1.807, 2.05) is 0 Å². The van der Waals surface area contributed by atoms with Crippen LogP contribution in [0.1, 0.15) is 0 Å². The zero-order chi connectivity index (χ0) is 9.59. The minimum atomic E-state index is -1.01. The first-order valence-corrected chi connectivity index (χ1v) is 4.70. The molecule has 1 fully saturated rings. The first kappa shape index (κ1) is 8.58. The van der Waals surface area contributed by atoms with Crippen LogP contribution >= 0.6 is 11.8 Å². The SMILES string of the molecule is N[C@@H]1C(=O)N2[C@@H](C(=O)O)C=CS[C@H]12. The number of nitrogens with zero attached hydrogens (tertiary/aromatic N) is 1. The number of thioether (sulfide) groups is 1. The van der Waals surface area contributed by atoms with Gasteiger partial charge in [0.2, 0.25) is 5.91 Å². The van der Waals surface area contributed by atoms with Gasteiger partial charge in [-0.05, 0) is 11.5 Å². The minimum Gasteiger partial charge on any atom is -0.479 e. The van der Waals surface area contributed by atoms with Gasteiger partial charge in [-0.25, -0.2) is 4.79 Å². The third-order valence-corrected chi connectivity index (χ3v) is 3.27. The zero-order valence-electron chi connectivity index (χ0n) is 6.58. The number of aliphatic carboxylic acids is 1. The highest BCUT2D eigenvalue weighted by Crippen LogP contribution is 2.35. The van der Waals surface area contributed by atoms with Crippen molar-refractivity contribution >= 4 is 23.6 Å². The lowest BCUT2D eigenvalue weighted by atomic mass is 10.0. The smallest absolute Gasteiger partial charge is 0.330 e. The first-order valence-electron chi connectivity index (χ1n) is 3.75. The van der Waals surface area contributed by atoms with E-state index in [-0.39, 0.29) is 11.3 Å². The Balaban J connectivity index is 2.24. The lowest BCUT2D eigenvalue weighted by molar-refractivity contribution is -0.157. The zero-order valence-corrected chi connectivity index (χ0v) is 7.40. The molecule has 1 amide bonds. The van der Waals surface area contributed by atoms with Crippen molar-refractivity contribution in [2.75, 3.05) is 0 Å². The maximum atomic E-state index is 11.2. The Hall–Kier alpha value is -1.01. The van der Waals surface area contributed by atoms with Crippen molar-refractivity contribution in [3.05, 3.63) is 11.5 Å². The van der Waals surface area contributed by atoms with Gasteiger partial charge in [0.05, 0.1) is 0 Å². The number of carboxylic acid groups (broad SMARTS) is 1. The molecule has 2 aliphatic rings. The second-order valence-corrected chi connectivity index (χ2v) is 3.94. The van der Waals surface area contributed by atoms with Crippen molar-refractivity contribution in [1.29, 1.82) is 0 Å². The molecule has 3 N–H and O–H groups in total. The standard InChI is InChI=1S/C7H8N2O3S/c8-4-5(10)9-3(7(11)12)1-2-13-6(4)9/h1-4,6H,8H2,(H,11,12)/t3-,4-,6-/m1/s1. The van der Waals surface area contributed by atoms with Crippen LogP contribution in [-0.4, -0.2) is 39.3 Å². The molecule has 0 radical (unpaired) electrons. The van der Waals surface area contributed by atoms with Crippen molar-refractivity contribution in [2.45, 2.75) is 17.5 Å². The van der Waals surface area contributed by atoms with Gasteiger partial charge in [-0.15, -0.1) is 11.8 Å². The van der Waals surface area contributed by atoms with Crippen molar-refractivity contribution in [3.63, 3.8) is 0 Å². The van der Waals surface area contributed by atoms with Crippen LogP contribution in [0.4, 0.5) is 0 Å². The molecule has 2 heterocycles. The molecule has 6 heteroatoms. The highest BCUT2D eigenvalue weighted by molar-refractivity contribution is 8.02. The normalized spacial score (nSPS) is 36.8. The van der Waals surface area contributed by atoms with Crippen molar-refractivity contribution < 1.29 is 14.7 Å². The molecule has 0 aromatic heterocycles. The molecular weight excluding hydrogens is 192 g/mol. The van der Waals surface area contributed by atoms with Gasteiger partial charge in [-0.3, -0.25) is 4.79 Å². The second kappa shape index (κ2) is 2.74. The van der Waals surface area contributed by atoms with E-state index in [0.29, 0.717) is 0 Å². The number of carbonyl (C=O) groups is 2. The van der Waals surface area contributed by atoms with Crippen LogP contribution in [0.15, 0.2) is 11.5 Å². The molecule has 70 valence electrons. The Morgan fingerprint density at radius 1 is 1.69 bits per heavy atom. The number of hydrogen-bond acceptors (Lipinski definition) is 4. The van der Waals surface area contributed by atoms with Gasteiger partial charge in [0.15, 0.2) is 0 Å². The van der Waals surface area contributed by atoms with Crippen molar-refractivity contribution in [2.24, 2.45) is 5.73 Å². The number of carbonyl (C=O) groups excluding carboxylic acids is 1. The monoisotopic (exact) mass is 200 g/mol. The third kappa shape index (κ3) is 1.06. The largest absolute Gasteiger partial charge is 0.479 e. The topological polar surface area (TPSA) is 83.6 Å². The summed E-state index contributed by atoms with van der Waals surface area (Å²) in [6.45, 7) is 0. The molecule has 0 saturated carbocycles. The summed E-state index contributed by atoms with van der Waals surface area (Å²) in [6.07, 6.45) is 1.49. The van der Waals surface area contributed by atoms with Crippen LogP contribution in [0, 0.1) is 0 Å². The molecule has 0 aliphatic carbocycles. The Bertz CT molecular complexity index is 304. The van der Waals surface area contributed by atoms with Gasteiger partial charge in [0.1, 0.15) is 17.5 Å². The van der Waals surface area contributed by atoms with Gasteiger partial charge < -0.3 is 15.7 Å². The van der Waals surface area contributed by atoms with E-state index >= 15 is 0 Å². The number of amides is 1. The number of β-lactam (4-membered cyclic amide) rings is 1. The van der Waals surface area contributed by atoms with Crippen molar-refractivity contribution in [3.8, 4) is 0 Å². The summed E-state index contributed by atoms with van der Waals surface area (Å²) in [7, 11) is 0. The second-order valence-electron chi connectivity index (χ2n) is 2.91. The predicted molar refractivity (Wildman–Crippen MR) is 46.8 cm³/mol. The number of hydrogen-bond donors (Lipinski definition) is 2. The molecule has 13 heavy (non-hydrogen) atoms. The van der Waals surface area contributed by atoms with Crippen LogP contribution in [0.2, 0.25) is 0 Å². The summed E-state index contributed by atoms with van der Waals surface area (Å²) in [6, 6.07) is -1.38. The average Bonchev–Trinajstić information content (AvgIpc) is 2.15. The Morgan fingerprint density at radius 3 is 3.00 bits per heavy atom.